The fourth-order valence-electron chi connectivity index (χ4n) is 3.81. The highest BCUT2D eigenvalue weighted by molar-refractivity contribution is 6.31. The van der Waals surface area contributed by atoms with Crippen molar-refractivity contribution in [2.24, 2.45) is 0 Å². The number of carboxylic acid groups (broad SMARTS) is 2. The molecule has 0 amide bonds. The number of methoxy groups -OCH3 is 1. The number of benzene rings is 1. The Hall–Kier alpha value is -3.86. The number of likely N-dealkylation sites (tertiary alicyclic amines) is 1. The van der Waals surface area contributed by atoms with Gasteiger partial charge in [0.2, 0.25) is 0 Å². The maximum atomic E-state index is 10.6. The van der Waals surface area contributed by atoms with Crippen LogP contribution in [0.4, 0.5) is 32.2 Å². The highest BCUT2D eigenvalue weighted by atomic mass is 35.5. The Kier molecular flexibility index (Phi) is 11.1. The molecule has 1 saturated heterocycles. The molecule has 0 saturated carbocycles. The third-order valence-corrected chi connectivity index (χ3v) is 6.06. The number of hydrogen-bond acceptors (Lipinski definition) is 8. The number of aliphatic carboxylic acids is 2. The van der Waals surface area contributed by atoms with Gasteiger partial charge in [0.25, 0.3) is 0 Å². The molecule has 4 N–H and O–H groups in total. The Balaban J connectivity index is 0.000000349. The van der Waals surface area contributed by atoms with Gasteiger partial charge in [-0.2, -0.15) is 26.3 Å². The zero-order valence-electron chi connectivity index (χ0n) is 21.7. The molecule has 0 aliphatic carbocycles. The summed E-state index contributed by atoms with van der Waals surface area (Å²) < 4.78 is 69.3. The van der Waals surface area contributed by atoms with Crippen molar-refractivity contribution in [1.29, 1.82) is 0 Å². The Labute approximate surface area is 233 Å². The number of likely N-dealkylation sites (N-methyl/N-ethyl adjacent to an activating group) is 1. The van der Waals surface area contributed by atoms with Crippen LogP contribution in [0.2, 0.25) is 5.02 Å². The number of nitrogens with zero attached hydrogens (tertiary/aromatic N) is 4. The molecule has 0 spiro atoms. The number of hydrogen-bond donors (Lipinski definition) is 4. The maximum absolute atomic E-state index is 10.6. The first kappa shape index (κ1) is 33.3. The van der Waals surface area contributed by atoms with Gasteiger partial charge in [-0.3, -0.25) is 0 Å². The Bertz CT molecular complexity index is 1340. The van der Waals surface area contributed by atoms with Crippen molar-refractivity contribution in [2.75, 3.05) is 39.1 Å². The van der Waals surface area contributed by atoms with Crippen molar-refractivity contribution in [2.45, 2.75) is 31.6 Å². The number of carboxylic acids is 2. The van der Waals surface area contributed by atoms with Crippen LogP contribution in [0.5, 0.6) is 5.75 Å². The monoisotopic (exact) mass is 614 g/mol. The molecule has 1 aliphatic rings. The quantitative estimate of drug-likeness (QED) is 0.296. The first-order valence-electron chi connectivity index (χ1n) is 11.5. The molecule has 0 unspecified atom stereocenters. The summed E-state index contributed by atoms with van der Waals surface area (Å²) in [6.45, 7) is 4.85. The van der Waals surface area contributed by atoms with Crippen LogP contribution >= 0.6 is 11.6 Å². The molecule has 2 aromatic heterocycles. The normalized spacial score (nSPS) is 13.8. The molecule has 1 fully saturated rings. The van der Waals surface area contributed by atoms with E-state index in [1.165, 1.54) is 11.9 Å². The van der Waals surface area contributed by atoms with E-state index >= 15 is 0 Å². The van der Waals surface area contributed by atoms with Gasteiger partial charge in [0.05, 0.1) is 13.4 Å². The predicted molar refractivity (Wildman–Crippen MR) is 134 cm³/mol. The Morgan fingerprint density at radius 3 is 2.17 bits per heavy atom. The minimum absolute atomic E-state index is 0.474. The summed E-state index contributed by atoms with van der Waals surface area (Å²) in [7, 11) is 3.87. The zero-order valence-corrected chi connectivity index (χ0v) is 22.4. The van der Waals surface area contributed by atoms with Crippen LogP contribution in [0.25, 0.3) is 11.2 Å². The van der Waals surface area contributed by atoms with E-state index in [1.807, 2.05) is 6.07 Å². The van der Waals surface area contributed by atoms with E-state index in [1.54, 1.807) is 13.4 Å². The topological polar surface area (TPSA) is 154 Å². The number of aromatic nitrogens is 4. The van der Waals surface area contributed by atoms with Gasteiger partial charge in [-0.15, -0.1) is 0 Å². The van der Waals surface area contributed by atoms with E-state index < -0.39 is 24.3 Å². The van der Waals surface area contributed by atoms with Crippen molar-refractivity contribution >= 4 is 40.5 Å². The molecule has 0 atom stereocenters. The number of H-pyrrole nitrogens is 1. The van der Waals surface area contributed by atoms with Crippen molar-refractivity contribution < 1.29 is 50.9 Å². The lowest BCUT2D eigenvalue weighted by Gasteiger charge is -2.38. The van der Waals surface area contributed by atoms with E-state index in [4.69, 9.17) is 36.1 Å². The SMILES string of the molecule is COc1c(CCNc2ncnc3nc[nH]c23)cc(Cl)c(C)c1C1CN(C)C1.O=C(O)C(F)(F)F.O=C(O)C(F)(F)F. The number of carbonyl (C=O) groups is 2. The molecular formula is C23H25ClF6N6O5. The van der Waals surface area contributed by atoms with Gasteiger partial charge in [0.1, 0.15) is 17.6 Å². The molecule has 3 aromatic rings. The number of imidazole rings is 1. The second-order valence-electron chi connectivity index (χ2n) is 8.61. The number of fused-ring (bicyclic) bond motifs is 1. The zero-order chi connectivity index (χ0) is 31.1. The number of aromatic amines is 1. The number of anilines is 1. The van der Waals surface area contributed by atoms with E-state index in [0.29, 0.717) is 18.1 Å². The summed E-state index contributed by atoms with van der Waals surface area (Å²) in [6, 6.07) is 2.02. The van der Waals surface area contributed by atoms with Gasteiger partial charge < -0.3 is 30.2 Å². The van der Waals surface area contributed by atoms with E-state index in [0.717, 1.165) is 52.7 Å². The van der Waals surface area contributed by atoms with Crippen molar-refractivity contribution in [3.8, 4) is 5.75 Å². The Morgan fingerprint density at radius 2 is 1.68 bits per heavy atom. The molecule has 226 valence electrons. The van der Waals surface area contributed by atoms with E-state index in [-0.39, 0.29) is 0 Å². The molecule has 0 bridgehead atoms. The van der Waals surface area contributed by atoms with Gasteiger partial charge in [0.15, 0.2) is 11.5 Å². The third-order valence-electron chi connectivity index (χ3n) is 5.67. The van der Waals surface area contributed by atoms with Crippen LogP contribution < -0.4 is 10.1 Å². The van der Waals surface area contributed by atoms with Crippen LogP contribution in [-0.4, -0.2) is 93.1 Å². The highest BCUT2D eigenvalue weighted by Gasteiger charge is 2.39. The van der Waals surface area contributed by atoms with Crippen molar-refractivity contribution in [3.05, 3.63) is 40.4 Å². The average molecular weight is 615 g/mol. The number of halogens is 7. The molecule has 0 radical (unpaired) electrons. The fraction of sp³-hybridized carbons (Fsp3) is 0.435. The van der Waals surface area contributed by atoms with E-state index in [9.17, 15) is 26.3 Å². The van der Waals surface area contributed by atoms with Crippen LogP contribution in [-0.2, 0) is 16.0 Å². The van der Waals surface area contributed by atoms with E-state index in [2.05, 4.69) is 44.1 Å². The van der Waals surface area contributed by atoms with Gasteiger partial charge in [-0.05, 0) is 37.6 Å². The second-order valence-corrected chi connectivity index (χ2v) is 9.02. The average Bonchev–Trinajstić information content (AvgIpc) is 3.33. The molecule has 4 rings (SSSR count). The highest BCUT2D eigenvalue weighted by Crippen LogP contribution is 2.40. The molecule has 1 aromatic carbocycles. The van der Waals surface area contributed by atoms with Crippen LogP contribution in [0.15, 0.2) is 18.7 Å². The van der Waals surface area contributed by atoms with Gasteiger partial charge in [-0.1, -0.05) is 11.6 Å². The molecule has 11 nitrogen and oxygen atoms in total. The second kappa shape index (κ2) is 13.7. The lowest BCUT2D eigenvalue weighted by Crippen LogP contribution is -2.42. The molecule has 18 heteroatoms. The number of rotatable bonds is 6. The molecular weight excluding hydrogens is 590 g/mol. The van der Waals surface area contributed by atoms with Crippen LogP contribution in [0.1, 0.15) is 22.6 Å². The van der Waals surface area contributed by atoms with Crippen molar-refractivity contribution in [3.63, 3.8) is 0 Å². The van der Waals surface area contributed by atoms with Gasteiger partial charge >= 0.3 is 24.3 Å². The van der Waals surface area contributed by atoms with Crippen molar-refractivity contribution in [1.82, 2.24) is 24.8 Å². The summed E-state index contributed by atoms with van der Waals surface area (Å²) in [5.41, 5.74) is 4.94. The fourth-order valence-corrected chi connectivity index (χ4v) is 4.05. The minimum Gasteiger partial charge on any atom is -0.496 e. The summed E-state index contributed by atoms with van der Waals surface area (Å²) in [5, 5.41) is 18.4. The smallest absolute Gasteiger partial charge is 0.490 e. The van der Waals surface area contributed by atoms with Gasteiger partial charge in [0, 0.05) is 36.1 Å². The summed E-state index contributed by atoms with van der Waals surface area (Å²) >= 11 is 6.55. The summed E-state index contributed by atoms with van der Waals surface area (Å²) in [5.74, 6) is -3.33. The molecule has 1 aliphatic heterocycles. The lowest BCUT2D eigenvalue weighted by atomic mass is 9.86. The third kappa shape index (κ3) is 9.07. The van der Waals surface area contributed by atoms with Crippen LogP contribution in [0, 0.1) is 6.92 Å². The Morgan fingerprint density at radius 1 is 1.12 bits per heavy atom. The lowest BCUT2D eigenvalue weighted by molar-refractivity contribution is -0.193. The van der Waals surface area contributed by atoms with Crippen LogP contribution in [0.3, 0.4) is 0 Å². The first-order valence-corrected chi connectivity index (χ1v) is 11.9. The number of ether oxygens (including phenoxy) is 1. The number of alkyl halides is 6. The standard InChI is InChI=1S/C19H23ClN6O.2C2HF3O2/c1-11-14(20)6-12(17(27-3)15(11)13-7-26(2)8-13)4-5-21-18-16-19(23-9-22-16)25-10-24-18;2*3-2(4,5)1(6)7/h6,9-10,13H,4-5,7-8H2,1-3H3,(H2,21,22,23,24,25);2*(H,6,7). The molecule has 41 heavy (non-hydrogen) atoms. The molecule has 3 heterocycles. The predicted octanol–water partition coefficient (Wildman–Crippen LogP) is 4.27. The van der Waals surface area contributed by atoms with Gasteiger partial charge in [-0.25, -0.2) is 24.5 Å². The summed E-state index contributed by atoms with van der Waals surface area (Å²) in [6.07, 6.45) is -6.26. The number of nitrogens with one attached hydrogen (secondary N) is 2. The first-order chi connectivity index (χ1) is 19.0. The summed E-state index contributed by atoms with van der Waals surface area (Å²) in [4.78, 5) is 35.8. The maximum Gasteiger partial charge on any atom is 0.490 e. The minimum atomic E-state index is -5.08. The largest absolute Gasteiger partial charge is 0.496 e.